The van der Waals surface area contributed by atoms with Crippen LogP contribution in [-0.2, 0) is 14.0 Å². The molecular formula is C10H24O3Si. The highest BCUT2D eigenvalue weighted by Crippen LogP contribution is 1.95. The van der Waals surface area contributed by atoms with Crippen LogP contribution in [0.1, 0.15) is 28.2 Å². The molecule has 0 aromatic heterocycles. The maximum absolute atomic E-state index is 10.8. The summed E-state index contributed by atoms with van der Waals surface area (Å²) in [7, 11) is 1.36. The lowest BCUT2D eigenvalue weighted by Gasteiger charge is -2.02. The fourth-order valence-corrected chi connectivity index (χ4v) is 1.33. The number of carbonyl (C=O) groups excluding carboxylic acids is 1. The molecule has 86 valence electrons. The van der Waals surface area contributed by atoms with Crippen molar-refractivity contribution in [2.45, 2.75) is 34.2 Å². The van der Waals surface area contributed by atoms with E-state index in [2.05, 4.69) is 6.58 Å². The minimum absolute atomic E-state index is 0. The summed E-state index contributed by atoms with van der Waals surface area (Å²) in [5.74, 6) is -0.297. The van der Waals surface area contributed by atoms with Crippen molar-refractivity contribution in [3.63, 3.8) is 0 Å². The van der Waals surface area contributed by atoms with E-state index in [9.17, 15) is 4.79 Å². The second kappa shape index (κ2) is 12.4. The summed E-state index contributed by atoms with van der Waals surface area (Å²) < 4.78 is 9.86. The van der Waals surface area contributed by atoms with Crippen LogP contribution < -0.4 is 0 Å². The molecule has 0 saturated carbocycles. The molecule has 0 heterocycles. The van der Waals surface area contributed by atoms with Crippen molar-refractivity contribution in [3.8, 4) is 0 Å². The van der Waals surface area contributed by atoms with E-state index >= 15 is 0 Å². The molecule has 0 bridgehead atoms. The molecule has 4 heteroatoms. The van der Waals surface area contributed by atoms with Crippen LogP contribution in [0.3, 0.4) is 0 Å². The van der Waals surface area contributed by atoms with E-state index in [1.807, 2.05) is 0 Å². The summed E-state index contributed by atoms with van der Waals surface area (Å²) in [6.45, 7) is 5.61. The van der Waals surface area contributed by atoms with Crippen molar-refractivity contribution < 1.29 is 14.0 Å². The highest BCUT2D eigenvalue weighted by molar-refractivity contribution is 6.26. The zero-order chi connectivity index (χ0) is 9.40. The highest BCUT2D eigenvalue weighted by Gasteiger charge is 2.01. The molecule has 0 rings (SSSR count). The zero-order valence-corrected chi connectivity index (χ0v) is 9.17. The van der Waals surface area contributed by atoms with Gasteiger partial charge in [-0.3, -0.25) is 0 Å². The van der Waals surface area contributed by atoms with E-state index in [-0.39, 0.29) is 30.6 Å². The van der Waals surface area contributed by atoms with Crippen molar-refractivity contribution in [1.82, 2.24) is 0 Å². The summed E-state index contributed by atoms with van der Waals surface area (Å²) in [5, 5.41) is 0. The maximum atomic E-state index is 10.8. The topological polar surface area (TPSA) is 35.5 Å². The Morgan fingerprint density at radius 3 is 2.43 bits per heavy atom. The standard InChI is InChI=1S/C8H16O3Si.2CH4/c1-7(2)8(9)11-5-4-6-12-10-3;;/h1,4-6,12H2,2-3H3;2*1H4. The second-order valence-electron chi connectivity index (χ2n) is 2.62. The van der Waals surface area contributed by atoms with Crippen LogP contribution >= 0.6 is 0 Å². The SMILES string of the molecule is C.C.C=C(C)C(=O)OCCC[SiH2]OC. The van der Waals surface area contributed by atoms with Gasteiger partial charge in [0, 0.05) is 12.7 Å². The van der Waals surface area contributed by atoms with Crippen LogP contribution in [-0.4, -0.2) is 29.4 Å². The van der Waals surface area contributed by atoms with Crippen molar-refractivity contribution in [2.75, 3.05) is 13.7 Å². The molecule has 0 aliphatic rings. The Morgan fingerprint density at radius 1 is 1.43 bits per heavy atom. The van der Waals surface area contributed by atoms with Crippen LogP contribution in [0.4, 0.5) is 0 Å². The lowest BCUT2D eigenvalue weighted by molar-refractivity contribution is -0.138. The molecule has 3 nitrogen and oxygen atoms in total. The molecule has 0 unspecified atom stereocenters. The minimum Gasteiger partial charge on any atom is -0.462 e. The average molecular weight is 220 g/mol. The third kappa shape index (κ3) is 11.4. The summed E-state index contributed by atoms with van der Waals surface area (Å²) in [5.41, 5.74) is 0.457. The van der Waals surface area contributed by atoms with Crippen molar-refractivity contribution in [1.29, 1.82) is 0 Å². The Labute approximate surface area is 90.4 Å². The Morgan fingerprint density at radius 2 is 2.00 bits per heavy atom. The molecule has 0 spiro atoms. The van der Waals surface area contributed by atoms with E-state index < -0.39 is 0 Å². The average Bonchev–Trinajstić information content (AvgIpc) is 2.03. The summed E-state index contributed by atoms with van der Waals surface area (Å²) in [6.07, 6.45) is 0.902. The fraction of sp³-hybridized carbons (Fsp3) is 0.700. The first-order valence-electron chi connectivity index (χ1n) is 4.00. The summed E-state index contributed by atoms with van der Waals surface area (Å²) >= 11 is 0. The van der Waals surface area contributed by atoms with Gasteiger partial charge >= 0.3 is 5.97 Å². The predicted molar refractivity (Wildman–Crippen MR) is 64.2 cm³/mol. The molecule has 0 saturated heterocycles. The lowest BCUT2D eigenvalue weighted by atomic mass is 10.4. The molecule has 14 heavy (non-hydrogen) atoms. The number of carbonyl (C=O) groups is 1. The van der Waals surface area contributed by atoms with Crippen LogP contribution in [0, 0.1) is 0 Å². The molecule has 0 fully saturated rings. The maximum Gasteiger partial charge on any atom is 0.333 e. The van der Waals surface area contributed by atoms with Gasteiger partial charge in [0.05, 0.1) is 6.61 Å². The molecule has 0 N–H and O–H groups in total. The summed E-state index contributed by atoms with van der Waals surface area (Å²) in [6, 6.07) is 1.06. The Bertz CT molecular complexity index is 157. The second-order valence-corrected chi connectivity index (χ2v) is 4.31. The van der Waals surface area contributed by atoms with Gasteiger partial charge in [0.25, 0.3) is 0 Å². The molecule has 0 amide bonds. The van der Waals surface area contributed by atoms with Gasteiger partial charge in [-0.15, -0.1) is 0 Å². The van der Waals surface area contributed by atoms with Gasteiger partial charge in [0.15, 0.2) is 9.76 Å². The molecule has 0 aliphatic carbocycles. The third-order valence-electron chi connectivity index (χ3n) is 1.32. The molecule has 0 aliphatic heterocycles. The van der Waals surface area contributed by atoms with Gasteiger partial charge in [-0.1, -0.05) is 21.4 Å². The molecule has 0 aromatic rings. The largest absolute Gasteiger partial charge is 0.462 e. The van der Waals surface area contributed by atoms with Crippen LogP contribution in [0.2, 0.25) is 6.04 Å². The Balaban J connectivity index is -0.000000605. The van der Waals surface area contributed by atoms with Crippen LogP contribution in [0.25, 0.3) is 0 Å². The number of rotatable bonds is 6. The first-order valence-corrected chi connectivity index (χ1v) is 5.57. The minimum atomic E-state index is -0.356. The van der Waals surface area contributed by atoms with Gasteiger partial charge in [-0.2, -0.15) is 0 Å². The highest BCUT2D eigenvalue weighted by atomic mass is 28.2. The van der Waals surface area contributed by atoms with Crippen molar-refractivity contribution >= 4 is 15.7 Å². The van der Waals surface area contributed by atoms with Gasteiger partial charge in [0.2, 0.25) is 0 Å². The first-order chi connectivity index (χ1) is 5.68. The van der Waals surface area contributed by atoms with Crippen LogP contribution in [0.15, 0.2) is 12.2 Å². The zero-order valence-electron chi connectivity index (χ0n) is 7.76. The van der Waals surface area contributed by atoms with Crippen molar-refractivity contribution in [3.05, 3.63) is 12.2 Å². The normalized spacial score (nSPS) is 9.00. The quantitative estimate of drug-likeness (QED) is 0.297. The van der Waals surface area contributed by atoms with Crippen LogP contribution in [0.5, 0.6) is 0 Å². The monoisotopic (exact) mass is 220 g/mol. The Kier molecular flexibility index (Phi) is 16.8. The number of esters is 1. The first kappa shape index (κ1) is 19.0. The van der Waals surface area contributed by atoms with E-state index in [0.717, 1.165) is 12.5 Å². The van der Waals surface area contributed by atoms with E-state index in [0.29, 0.717) is 12.2 Å². The van der Waals surface area contributed by atoms with Gasteiger partial charge < -0.3 is 9.16 Å². The number of hydrogen-bond acceptors (Lipinski definition) is 3. The van der Waals surface area contributed by atoms with E-state index in [1.54, 1.807) is 14.0 Å². The number of ether oxygens (including phenoxy) is 1. The summed E-state index contributed by atoms with van der Waals surface area (Å²) in [4.78, 5) is 10.8. The molecule has 0 aromatic carbocycles. The fourth-order valence-electron chi connectivity index (χ4n) is 0.637. The van der Waals surface area contributed by atoms with Gasteiger partial charge in [-0.05, 0) is 19.4 Å². The van der Waals surface area contributed by atoms with E-state index in [1.165, 1.54) is 0 Å². The van der Waals surface area contributed by atoms with Gasteiger partial charge in [0.1, 0.15) is 0 Å². The van der Waals surface area contributed by atoms with E-state index in [4.69, 9.17) is 9.16 Å². The predicted octanol–water partition coefficient (Wildman–Crippen LogP) is 1.92. The number of hydrogen-bond donors (Lipinski definition) is 0. The molecule has 0 radical (unpaired) electrons. The smallest absolute Gasteiger partial charge is 0.333 e. The lowest BCUT2D eigenvalue weighted by Crippen LogP contribution is -2.07. The molecular weight excluding hydrogens is 196 g/mol. The third-order valence-corrected chi connectivity index (χ3v) is 2.52. The van der Waals surface area contributed by atoms with Crippen molar-refractivity contribution in [2.24, 2.45) is 0 Å². The Hall–Kier alpha value is -0.613. The van der Waals surface area contributed by atoms with Gasteiger partial charge in [-0.25, -0.2) is 4.79 Å². The molecule has 0 atom stereocenters.